The molecule has 30 heavy (non-hydrogen) atoms. The Morgan fingerprint density at radius 3 is 2.57 bits per heavy atom. The van der Waals surface area contributed by atoms with Crippen LogP contribution in [-0.4, -0.2) is 41.0 Å². The molecule has 1 fully saturated rings. The van der Waals surface area contributed by atoms with Crippen LogP contribution in [0.5, 0.6) is 0 Å². The van der Waals surface area contributed by atoms with Crippen molar-refractivity contribution in [3.63, 3.8) is 0 Å². The van der Waals surface area contributed by atoms with Gasteiger partial charge in [-0.1, -0.05) is 26.0 Å². The highest BCUT2D eigenvalue weighted by atomic mass is 32.2. The number of hydrogen-bond donors (Lipinski definition) is 1. The number of benzene rings is 1. The molecule has 2 aliphatic rings. The van der Waals surface area contributed by atoms with E-state index in [1.54, 1.807) is 12.1 Å². The van der Waals surface area contributed by atoms with Crippen molar-refractivity contribution in [2.24, 2.45) is 7.05 Å². The molecule has 1 amide bonds. The number of nitrogens with one attached hydrogen (secondary N) is 1. The van der Waals surface area contributed by atoms with Crippen molar-refractivity contribution in [1.82, 2.24) is 19.4 Å². The van der Waals surface area contributed by atoms with Crippen molar-refractivity contribution in [2.45, 2.75) is 69.4 Å². The molecule has 1 aromatic heterocycles. The number of fused-ring (bicyclic) bond motifs is 1. The van der Waals surface area contributed by atoms with E-state index in [0.717, 1.165) is 35.4 Å². The Kier molecular flexibility index (Phi) is 5.72. The van der Waals surface area contributed by atoms with Gasteiger partial charge in [-0.25, -0.2) is 8.42 Å². The molecule has 1 aliphatic carbocycles. The number of rotatable bonds is 7. The van der Waals surface area contributed by atoms with Crippen LogP contribution in [0.25, 0.3) is 0 Å². The van der Waals surface area contributed by atoms with Gasteiger partial charge in [0.25, 0.3) is 0 Å². The fourth-order valence-electron chi connectivity index (χ4n) is 3.98. The third kappa shape index (κ3) is 4.30. The predicted octanol–water partition coefficient (Wildman–Crippen LogP) is 2.50. The van der Waals surface area contributed by atoms with Gasteiger partial charge in [-0.2, -0.15) is 9.40 Å². The lowest BCUT2D eigenvalue weighted by Crippen LogP contribution is -2.36. The summed E-state index contributed by atoms with van der Waals surface area (Å²) in [5.74, 6) is 0.400. The zero-order valence-corrected chi connectivity index (χ0v) is 18.7. The number of sulfonamides is 1. The Balaban J connectivity index is 1.50. The van der Waals surface area contributed by atoms with E-state index >= 15 is 0 Å². The average Bonchev–Trinajstić information content (AvgIpc) is 3.48. The van der Waals surface area contributed by atoms with Crippen LogP contribution in [0.15, 0.2) is 29.2 Å². The Morgan fingerprint density at radius 2 is 1.93 bits per heavy atom. The molecular weight excluding hydrogens is 400 g/mol. The molecule has 0 spiro atoms. The highest BCUT2D eigenvalue weighted by Crippen LogP contribution is 2.28. The van der Waals surface area contributed by atoms with E-state index in [9.17, 15) is 13.2 Å². The molecule has 2 aromatic rings. The van der Waals surface area contributed by atoms with Gasteiger partial charge in [0.1, 0.15) is 0 Å². The minimum Gasteiger partial charge on any atom is -0.353 e. The molecule has 0 unspecified atom stereocenters. The fraction of sp³-hybridized carbons (Fsp3) is 0.545. The fourth-order valence-corrected chi connectivity index (χ4v) is 5.39. The molecule has 162 valence electrons. The number of hydrogen-bond acceptors (Lipinski definition) is 4. The van der Waals surface area contributed by atoms with Gasteiger partial charge in [-0.3, -0.25) is 9.48 Å². The Hall–Kier alpha value is -2.19. The van der Waals surface area contributed by atoms with Gasteiger partial charge in [0.05, 0.1) is 10.6 Å². The molecule has 7 nitrogen and oxygen atoms in total. The molecule has 4 rings (SSSR count). The molecule has 0 saturated heterocycles. The van der Waals surface area contributed by atoms with Crippen molar-refractivity contribution in [3.05, 3.63) is 46.8 Å². The molecule has 8 heteroatoms. The van der Waals surface area contributed by atoms with Gasteiger partial charge in [0.2, 0.25) is 15.9 Å². The molecule has 1 N–H and O–H groups in total. The van der Waals surface area contributed by atoms with Gasteiger partial charge in [-0.05, 0) is 36.5 Å². The first kappa shape index (κ1) is 21.1. The molecular formula is C22H30N4O3S. The first-order valence-electron chi connectivity index (χ1n) is 10.7. The maximum Gasteiger partial charge on any atom is 0.243 e. The minimum atomic E-state index is -3.58. The molecule has 2 heterocycles. The van der Waals surface area contributed by atoms with E-state index < -0.39 is 10.0 Å². The van der Waals surface area contributed by atoms with Crippen LogP contribution in [0.1, 0.15) is 61.5 Å². The summed E-state index contributed by atoms with van der Waals surface area (Å²) in [6.45, 7) is 4.91. The number of aromatic nitrogens is 2. The standard InChI is InChI=1S/C22H30N4O3S/c1-15(2)16-4-8-18(9-5-16)30(28,29)26-13-12-21-19(14-26)20(24-25(21)3)10-11-22(27)23-17-6-7-17/h4-5,8-9,15,17H,6-7,10-14H2,1-3H3,(H,23,27). The summed E-state index contributed by atoms with van der Waals surface area (Å²) in [5.41, 5.74) is 3.96. The summed E-state index contributed by atoms with van der Waals surface area (Å²) in [4.78, 5) is 12.4. The molecule has 1 aliphatic heterocycles. The highest BCUT2D eigenvalue weighted by Gasteiger charge is 2.32. The smallest absolute Gasteiger partial charge is 0.243 e. The van der Waals surface area contributed by atoms with E-state index in [2.05, 4.69) is 24.3 Å². The second-order valence-corrected chi connectivity index (χ2v) is 10.6. The first-order valence-corrected chi connectivity index (χ1v) is 12.1. The number of amides is 1. The average molecular weight is 431 g/mol. The summed E-state index contributed by atoms with van der Waals surface area (Å²) in [6, 6.07) is 7.53. The molecule has 1 saturated carbocycles. The van der Waals surface area contributed by atoms with Gasteiger partial charge in [0, 0.05) is 56.7 Å². The predicted molar refractivity (Wildman–Crippen MR) is 115 cm³/mol. The van der Waals surface area contributed by atoms with Gasteiger partial charge >= 0.3 is 0 Å². The van der Waals surface area contributed by atoms with Gasteiger partial charge < -0.3 is 5.32 Å². The lowest BCUT2D eigenvalue weighted by atomic mass is 10.0. The Morgan fingerprint density at radius 1 is 1.23 bits per heavy atom. The monoisotopic (exact) mass is 430 g/mol. The van der Waals surface area contributed by atoms with Crippen molar-refractivity contribution < 1.29 is 13.2 Å². The highest BCUT2D eigenvalue weighted by molar-refractivity contribution is 7.89. The largest absolute Gasteiger partial charge is 0.353 e. The Labute approximate surface area is 178 Å². The number of aryl methyl sites for hydroxylation is 2. The summed E-state index contributed by atoms with van der Waals surface area (Å²) in [5, 5.41) is 7.59. The van der Waals surface area contributed by atoms with E-state index in [1.165, 1.54) is 4.31 Å². The summed E-state index contributed by atoms with van der Waals surface area (Å²) < 4.78 is 29.8. The third-order valence-electron chi connectivity index (χ3n) is 6.01. The van der Waals surface area contributed by atoms with Crippen molar-refractivity contribution in [1.29, 1.82) is 0 Å². The minimum absolute atomic E-state index is 0.0439. The van der Waals surface area contributed by atoms with Crippen LogP contribution in [0, 0.1) is 0 Å². The summed E-state index contributed by atoms with van der Waals surface area (Å²) in [7, 11) is -1.69. The SMILES string of the molecule is CC(C)c1ccc(S(=O)(=O)N2CCc3c(c(CCC(=O)NC4CC4)nn3C)C2)cc1. The number of carbonyl (C=O) groups is 1. The van der Waals surface area contributed by atoms with E-state index in [4.69, 9.17) is 0 Å². The number of carbonyl (C=O) groups excluding carboxylic acids is 1. The quantitative estimate of drug-likeness (QED) is 0.731. The van der Waals surface area contributed by atoms with Crippen LogP contribution >= 0.6 is 0 Å². The van der Waals surface area contributed by atoms with Crippen molar-refractivity contribution in [3.8, 4) is 0 Å². The van der Waals surface area contributed by atoms with Crippen molar-refractivity contribution in [2.75, 3.05) is 6.54 Å². The zero-order valence-electron chi connectivity index (χ0n) is 17.9. The van der Waals surface area contributed by atoms with Crippen LogP contribution < -0.4 is 5.32 Å². The third-order valence-corrected chi connectivity index (χ3v) is 7.87. The lowest BCUT2D eigenvalue weighted by molar-refractivity contribution is -0.121. The van der Waals surface area contributed by atoms with Crippen LogP contribution in [0.2, 0.25) is 0 Å². The maximum atomic E-state index is 13.2. The first-order chi connectivity index (χ1) is 14.3. The number of nitrogens with zero attached hydrogens (tertiary/aromatic N) is 3. The Bertz CT molecular complexity index is 1040. The second-order valence-electron chi connectivity index (χ2n) is 8.65. The topological polar surface area (TPSA) is 84.3 Å². The second kappa shape index (κ2) is 8.15. The van der Waals surface area contributed by atoms with Crippen LogP contribution in [0.3, 0.4) is 0 Å². The van der Waals surface area contributed by atoms with Gasteiger partial charge in [-0.15, -0.1) is 0 Å². The van der Waals surface area contributed by atoms with E-state index in [0.29, 0.717) is 49.2 Å². The molecule has 0 radical (unpaired) electrons. The zero-order chi connectivity index (χ0) is 21.5. The maximum absolute atomic E-state index is 13.2. The summed E-state index contributed by atoms with van der Waals surface area (Å²) >= 11 is 0. The van der Waals surface area contributed by atoms with E-state index in [-0.39, 0.29) is 5.91 Å². The molecule has 0 atom stereocenters. The summed E-state index contributed by atoms with van der Waals surface area (Å²) in [6.07, 6.45) is 3.66. The van der Waals surface area contributed by atoms with E-state index in [1.807, 2.05) is 23.9 Å². The molecule has 0 bridgehead atoms. The van der Waals surface area contributed by atoms with Crippen molar-refractivity contribution >= 4 is 15.9 Å². The lowest BCUT2D eigenvalue weighted by Gasteiger charge is -2.27. The normalized spacial score (nSPS) is 17.2. The van der Waals surface area contributed by atoms with Gasteiger partial charge in [0.15, 0.2) is 0 Å². The van der Waals surface area contributed by atoms with Crippen LogP contribution in [-0.2, 0) is 41.3 Å². The molecule has 1 aromatic carbocycles. The van der Waals surface area contributed by atoms with Crippen LogP contribution in [0.4, 0.5) is 0 Å².